The number of nitrogens with one attached hydrogen (secondary N) is 2. The third-order valence-corrected chi connectivity index (χ3v) is 9.16. The number of aromatic amines is 1. The average Bonchev–Trinajstić information content (AvgIpc) is 3.39. The van der Waals surface area contributed by atoms with Crippen LogP contribution in [0.25, 0.3) is 39.6 Å². The number of allylic oxidation sites excluding steroid dienone is 1. The predicted octanol–water partition coefficient (Wildman–Crippen LogP) is 6.00. The molecule has 1 aliphatic carbocycles. The van der Waals surface area contributed by atoms with Gasteiger partial charge in [0.25, 0.3) is 0 Å². The van der Waals surface area contributed by atoms with Crippen molar-refractivity contribution in [3.05, 3.63) is 106 Å². The van der Waals surface area contributed by atoms with Crippen molar-refractivity contribution >= 4 is 28.7 Å². The third-order valence-electron chi connectivity index (χ3n) is 9.16. The second-order valence-corrected chi connectivity index (χ2v) is 13.2. The van der Waals surface area contributed by atoms with Gasteiger partial charge in [-0.05, 0) is 69.1 Å². The Hall–Kier alpha value is -4.86. The molecule has 3 heterocycles. The van der Waals surface area contributed by atoms with E-state index in [1.165, 1.54) is 5.56 Å². The summed E-state index contributed by atoms with van der Waals surface area (Å²) in [5, 5.41) is 2.97. The minimum Gasteiger partial charge on any atom is -0.325 e. The van der Waals surface area contributed by atoms with Crippen LogP contribution in [0.5, 0.6) is 0 Å². The van der Waals surface area contributed by atoms with Crippen molar-refractivity contribution in [3.8, 4) is 22.5 Å². The lowest BCUT2D eigenvalue weighted by Crippen LogP contribution is -2.37. The smallest absolute Gasteiger partial charge is 0.325 e. The van der Waals surface area contributed by atoms with Crippen LogP contribution in [0.2, 0.25) is 0 Å². The molecule has 47 heavy (non-hydrogen) atoms. The highest BCUT2D eigenvalue weighted by Crippen LogP contribution is 2.33. The Morgan fingerprint density at radius 1 is 0.936 bits per heavy atom. The molecule has 9 heteroatoms. The van der Waals surface area contributed by atoms with E-state index in [0.29, 0.717) is 18.2 Å². The molecule has 3 aromatic carbocycles. The summed E-state index contributed by atoms with van der Waals surface area (Å²) in [5.41, 5.74) is 9.21. The van der Waals surface area contributed by atoms with Crippen LogP contribution in [0.1, 0.15) is 42.8 Å². The molecule has 1 unspecified atom stereocenters. The zero-order valence-electron chi connectivity index (χ0n) is 27.2. The van der Waals surface area contributed by atoms with E-state index in [0.717, 1.165) is 83.8 Å². The summed E-state index contributed by atoms with van der Waals surface area (Å²) in [6, 6.07) is 24.7. The molecule has 2 aliphatic rings. The lowest BCUT2D eigenvalue weighted by Gasteiger charge is -2.33. The topological polar surface area (TPSA) is 99.2 Å². The zero-order chi connectivity index (χ0) is 32.5. The lowest BCUT2D eigenvalue weighted by atomic mass is 9.97. The second-order valence-electron chi connectivity index (χ2n) is 13.2. The molecule has 0 radical (unpaired) electrons. The molecular weight excluding hydrogens is 586 g/mol. The summed E-state index contributed by atoms with van der Waals surface area (Å²) >= 11 is 0. The number of likely N-dealkylation sites (tertiary alicyclic amines) is 1. The van der Waals surface area contributed by atoms with E-state index in [1.807, 2.05) is 60.0 Å². The Kier molecular flexibility index (Phi) is 8.58. The Bertz CT molecular complexity index is 1980. The van der Waals surface area contributed by atoms with E-state index in [9.17, 15) is 9.59 Å². The van der Waals surface area contributed by atoms with Gasteiger partial charge in [-0.3, -0.25) is 14.3 Å². The van der Waals surface area contributed by atoms with Crippen LogP contribution < -0.4 is 11.0 Å². The highest BCUT2D eigenvalue weighted by molar-refractivity contribution is 5.95. The van der Waals surface area contributed by atoms with Crippen molar-refractivity contribution in [3.63, 3.8) is 0 Å². The van der Waals surface area contributed by atoms with Crippen molar-refractivity contribution in [1.29, 1.82) is 0 Å². The van der Waals surface area contributed by atoms with Crippen molar-refractivity contribution in [2.45, 2.75) is 38.8 Å². The number of nitrogens with zero attached hydrogens (tertiary/aromatic N) is 5. The van der Waals surface area contributed by atoms with Gasteiger partial charge < -0.3 is 15.2 Å². The normalized spacial score (nSPS) is 16.9. The molecule has 7 rings (SSSR count). The van der Waals surface area contributed by atoms with Crippen LogP contribution in [0.15, 0.2) is 83.7 Å². The fourth-order valence-corrected chi connectivity index (χ4v) is 6.83. The van der Waals surface area contributed by atoms with Crippen molar-refractivity contribution in [2.24, 2.45) is 5.92 Å². The quantitative estimate of drug-likeness (QED) is 0.219. The van der Waals surface area contributed by atoms with Crippen LogP contribution in [0.4, 0.5) is 5.69 Å². The highest BCUT2D eigenvalue weighted by atomic mass is 16.2. The number of imidazole rings is 1. The van der Waals surface area contributed by atoms with Crippen LogP contribution in [-0.4, -0.2) is 69.0 Å². The highest BCUT2D eigenvalue weighted by Gasteiger charge is 2.26. The Balaban J connectivity index is 1.09. The first-order valence-electron chi connectivity index (χ1n) is 16.5. The fraction of sp³-hybridized carbons (Fsp3) is 0.316. The van der Waals surface area contributed by atoms with Crippen molar-refractivity contribution in [2.75, 3.05) is 39.0 Å². The van der Waals surface area contributed by atoms with E-state index in [2.05, 4.69) is 70.7 Å². The van der Waals surface area contributed by atoms with Gasteiger partial charge in [-0.2, -0.15) is 0 Å². The van der Waals surface area contributed by atoms with Crippen LogP contribution in [0, 0.1) is 5.92 Å². The number of H-pyrrole nitrogens is 1. The van der Waals surface area contributed by atoms with E-state index >= 15 is 0 Å². The summed E-state index contributed by atoms with van der Waals surface area (Å²) in [7, 11) is 3.74. The Labute approximate surface area is 275 Å². The summed E-state index contributed by atoms with van der Waals surface area (Å²) in [6.45, 7) is 5.23. The maximum atomic E-state index is 12.8. The van der Waals surface area contributed by atoms with E-state index in [4.69, 9.17) is 9.97 Å². The first-order chi connectivity index (χ1) is 22.8. The number of piperidine rings is 1. The lowest BCUT2D eigenvalue weighted by molar-refractivity contribution is -0.116. The Morgan fingerprint density at radius 3 is 2.36 bits per heavy atom. The van der Waals surface area contributed by atoms with Crippen LogP contribution >= 0.6 is 0 Å². The molecule has 2 N–H and O–H groups in total. The standard InChI is InChI=1S/C38H41N7O2/c1-25-9-16-34-33(21-25)42-38(47)45(34)30-17-19-44(20-18-30)23-26-10-12-28(13-11-26)37-36(27-7-5-4-6-8-27)40-31-15-14-29(22-32(31)41-37)39-35(46)24-43(2)3/h4-16,22,25,30H,17-21,23-24H2,1-3H3,(H,39,46)(H,42,47). The Morgan fingerprint density at radius 2 is 1.64 bits per heavy atom. The number of benzene rings is 3. The molecule has 0 saturated carbocycles. The molecular formula is C38H41N7O2. The summed E-state index contributed by atoms with van der Waals surface area (Å²) in [6.07, 6.45) is 7.15. The number of rotatable bonds is 8. The first kappa shape index (κ1) is 30.8. The molecule has 5 aromatic rings. The zero-order valence-corrected chi connectivity index (χ0v) is 27.2. The molecule has 0 bridgehead atoms. The monoisotopic (exact) mass is 627 g/mol. The van der Waals surface area contributed by atoms with Gasteiger partial charge in [0.2, 0.25) is 5.91 Å². The van der Waals surface area contributed by atoms with Gasteiger partial charge in [-0.25, -0.2) is 14.8 Å². The second kappa shape index (κ2) is 13.1. The molecule has 240 valence electrons. The van der Waals surface area contributed by atoms with Crippen LogP contribution in [-0.2, 0) is 17.8 Å². The maximum Gasteiger partial charge on any atom is 0.326 e. The number of carbonyl (C=O) groups is 1. The predicted molar refractivity (Wildman–Crippen MR) is 188 cm³/mol. The van der Waals surface area contributed by atoms with E-state index in [1.54, 1.807) is 0 Å². The number of hydrogen-bond donors (Lipinski definition) is 2. The fourth-order valence-electron chi connectivity index (χ4n) is 6.83. The SMILES string of the molecule is CC1C=Cc2c([nH]c(=O)n2C2CCN(Cc3ccc(-c4nc5cc(NC(=O)CN(C)C)ccc5nc4-c4ccccc4)cc3)CC2)C1. The minimum atomic E-state index is -0.0765. The van der Waals surface area contributed by atoms with Gasteiger partial charge in [0.15, 0.2) is 0 Å². The number of fused-ring (bicyclic) bond motifs is 2. The van der Waals surface area contributed by atoms with E-state index in [-0.39, 0.29) is 17.6 Å². The molecule has 1 atom stereocenters. The van der Waals surface area contributed by atoms with E-state index < -0.39 is 0 Å². The third kappa shape index (κ3) is 6.68. The molecule has 0 spiro atoms. The molecule has 1 amide bonds. The van der Waals surface area contributed by atoms with Crippen molar-refractivity contribution < 1.29 is 4.79 Å². The molecule has 1 fully saturated rings. The number of aromatic nitrogens is 4. The largest absolute Gasteiger partial charge is 0.326 e. The maximum absolute atomic E-state index is 12.8. The molecule has 1 aliphatic heterocycles. The molecule has 1 saturated heterocycles. The van der Waals surface area contributed by atoms with Gasteiger partial charge in [-0.15, -0.1) is 0 Å². The number of amides is 1. The van der Waals surface area contributed by atoms with Crippen molar-refractivity contribution in [1.82, 2.24) is 29.3 Å². The summed E-state index contributed by atoms with van der Waals surface area (Å²) in [5.74, 6) is 0.382. The summed E-state index contributed by atoms with van der Waals surface area (Å²) in [4.78, 5) is 42.8. The average molecular weight is 628 g/mol. The van der Waals surface area contributed by atoms with Crippen LogP contribution in [0.3, 0.4) is 0 Å². The number of likely N-dealkylation sites (N-methyl/N-ethyl adjacent to an activating group) is 1. The minimum absolute atomic E-state index is 0.0275. The van der Waals surface area contributed by atoms with Gasteiger partial charge >= 0.3 is 5.69 Å². The van der Waals surface area contributed by atoms with Gasteiger partial charge in [0.1, 0.15) is 0 Å². The summed E-state index contributed by atoms with van der Waals surface area (Å²) < 4.78 is 2.00. The van der Waals surface area contributed by atoms with Gasteiger partial charge in [0.05, 0.1) is 34.7 Å². The van der Waals surface area contributed by atoms with Gasteiger partial charge in [0, 0.05) is 48.2 Å². The first-order valence-corrected chi connectivity index (χ1v) is 16.5. The number of carbonyl (C=O) groups excluding carboxylic acids is 1. The van der Waals surface area contributed by atoms with Gasteiger partial charge in [-0.1, -0.05) is 67.6 Å². The number of anilines is 1. The number of hydrogen-bond acceptors (Lipinski definition) is 6. The molecule has 2 aromatic heterocycles. The molecule has 9 nitrogen and oxygen atoms in total.